The third kappa shape index (κ3) is 4.39. The first kappa shape index (κ1) is 20.5. The quantitative estimate of drug-likeness (QED) is 0.519. The van der Waals surface area contributed by atoms with E-state index in [4.69, 9.17) is 11.6 Å². The second-order valence-electron chi connectivity index (χ2n) is 6.81. The van der Waals surface area contributed by atoms with Crippen LogP contribution in [0.3, 0.4) is 0 Å². The van der Waals surface area contributed by atoms with Gasteiger partial charge < -0.3 is 5.32 Å². The van der Waals surface area contributed by atoms with Crippen molar-refractivity contribution in [3.8, 4) is 0 Å². The van der Waals surface area contributed by atoms with Crippen LogP contribution in [0.1, 0.15) is 5.56 Å². The highest BCUT2D eigenvalue weighted by atomic mass is 35.5. The Kier molecular flexibility index (Phi) is 5.64. The topological polar surface area (TPSA) is 86.0 Å². The van der Waals surface area contributed by atoms with Crippen molar-refractivity contribution in [3.63, 3.8) is 0 Å². The first-order chi connectivity index (χ1) is 14.9. The molecule has 0 atom stereocenters. The number of carbonyl (C=O) groups excluding carboxylic acids is 1. The maximum atomic E-state index is 13.2. The second kappa shape index (κ2) is 8.53. The first-order valence-corrected chi connectivity index (χ1v) is 9.68. The number of fused-ring (bicyclic) bond motifs is 1. The molecular weight excluding hydrogens is 423 g/mol. The number of anilines is 1. The zero-order valence-corrected chi connectivity index (χ0v) is 16.8. The summed E-state index contributed by atoms with van der Waals surface area (Å²) in [6.07, 6.45) is 1.45. The maximum absolute atomic E-state index is 13.2. The molecule has 1 N–H and O–H groups in total. The number of amides is 1. The van der Waals surface area contributed by atoms with Gasteiger partial charge in [-0.15, -0.1) is 0 Å². The van der Waals surface area contributed by atoms with Crippen LogP contribution in [0.25, 0.3) is 11.0 Å². The van der Waals surface area contributed by atoms with E-state index in [0.29, 0.717) is 16.3 Å². The lowest BCUT2D eigenvalue weighted by molar-refractivity contribution is -0.116. The summed E-state index contributed by atoms with van der Waals surface area (Å²) in [5.41, 5.74) is 0.211. The van der Waals surface area contributed by atoms with Crippen molar-refractivity contribution in [1.82, 2.24) is 14.1 Å². The number of hydrogen-bond donors (Lipinski definition) is 1. The zero-order chi connectivity index (χ0) is 22.0. The highest BCUT2D eigenvalue weighted by Gasteiger charge is 2.16. The third-order valence-electron chi connectivity index (χ3n) is 4.67. The van der Waals surface area contributed by atoms with E-state index < -0.39 is 23.0 Å². The van der Waals surface area contributed by atoms with Crippen LogP contribution in [0, 0.1) is 5.82 Å². The molecule has 0 aliphatic heterocycles. The number of carbonyl (C=O) groups is 1. The average molecular weight is 439 g/mol. The van der Waals surface area contributed by atoms with E-state index in [1.165, 1.54) is 35.0 Å². The van der Waals surface area contributed by atoms with Gasteiger partial charge in [-0.2, -0.15) is 0 Å². The molecular formula is C22H16ClFN4O3. The molecule has 0 saturated heterocycles. The summed E-state index contributed by atoms with van der Waals surface area (Å²) in [6.45, 7) is -0.347. The number of nitrogens with zero attached hydrogens (tertiary/aromatic N) is 3. The Balaban J connectivity index is 1.74. The van der Waals surface area contributed by atoms with Gasteiger partial charge in [0, 0.05) is 16.9 Å². The van der Waals surface area contributed by atoms with Crippen LogP contribution in [-0.2, 0) is 17.9 Å². The van der Waals surface area contributed by atoms with E-state index in [2.05, 4.69) is 10.3 Å². The minimum Gasteiger partial charge on any atom is -0.325 e. The number of rotatable bonds is 5. The summed E-state index contributed by atoms with van der Waals surface area (Å²) in [6, 6.07) is 15.1. The zero-order valence-electron chi connectivity index (χ0n) is 16.1. The summed E-state index contributed by atoms with van der Waals surface area (Å²) in [5, 5.41) is 3.15. The van der Waals surface area contributed by atoms with E-state index in [1.54, 1.807) is 36.4 Å². The van der Waals surface area contributed by atoms with Crippen molar-refractivity contribution >= 4 is 34.2 Å². The fourth-order valence-electron chi connectivity index (χ4n) is 3.18. The van der Waals surface area contributed by atoms with E-state index in [1.807, 2.05) is 0 Å². The minimum atomic E-state index is -0.644. The van der Waals surface area contributed by atoms with Crippen LogP contribution >= 0.6 is 11.6 Å². The van der Waals surface area contributed by atoms with Crippen LogP contribution < -0.4 is 16.6 Å². The van der Waals surface area contributed by atoms with Gasteiger partial charge in [0.05, 0.1) is 12.1 Å². The molecule has 2 heterocycles. The van der Waals surface area contributed by atoms with Gasteiger partial charge in [0.2, 0.25) is 5.91 Å². The van der Waals surface area contributed by atoms with Crippen molar-refractivity contribution in [2.45, 2.75) is 13.1 Å². The van der Waals surface area contributed by atoms with Crippen molar-refractivity contribution in [3.05, 3.63) is 104 Å². The smallest absolute Gasteiger partial charge is 0.325 e. The van der Waals surface area contributed by atoms with E-state index in [9.17, 15) is 18.8 Å². The molecule has 7 nitrogen and oxygen atoms in total. The fraction of sp³-hybridized carbons (Fsp3) is 0.0909. The van der Waals surface area contributed by atoms with Gasteiger partial charge in [-0.1, -0.05) is 23.7 Å². The van der Waals surface area contributed by atoms with Gasteiger partial charge in [-0.3, -0.25) is 18.7 Å². The molecule has 156 valence electrons. The Bertz CT molecular complexity index is 1380. The van der Waals surface area contributed by atoms with Crippen LogP contribution in [0.5, 0.6) is 0 Å². The molecule has 0 radical (unpaired) electrons. The predicted molar refractivity (Wildman–Crippen MR) is 116 cm³/mol. The Labute approximate surface area is 180 Å². The monoisotopic (exact) mass is 438 g/mol. The van der Waals surface area contributed by atoms with Crippen molar-refractivity contribution in [2.75, 3.05) is 5.32 Å². The molecule has 1 amide bonds. The SMILES string of the molecule is O=C(Cn1c(=O)n(Cc2ccc(Cl)cc2)c(=O)c2ncccc21)Nc1ccc(F)cc1. The number of benzene rings is 2. The normalized spacial score (nSPS) is 10.9. The molecule has 31 heavy (non-hydrogen) atoms. The Morgan fingerprint density at radius 2 is 1.71 bits per heavy atom. The summed E-state index contributed by atoms with van der Waals surface area (Å²) in [4.78, 5) is 42.7. The lowest BCUT2D eigenvalue weighted by atomic mass is 10.2. The summed E-state index contributed by atoms with van der Waals surface area (Å²) >= 11 is 5.90. The molecule has 2 aromatic carbocycles. The van der Waals surface area contributed by atoms with Crippen molar-refractivity contribution < 1.29 is 9.18 Å². The van der Waals surface area contributed by atoms with Gasteiger partial charge in [-0.05, 0) is 54.1 Å². The molecule has 4 aromatic rings. The Morgan fingerprint density at radius 3 is 2.42 bits per heavy atom. The number of nitrogens with one attached hydrogen (secondary N) is 1. The molecule has 2 aromatic heterocycles. The molecule has 4 rings (SSSR count). The number of pyridine rings is 1. The standard InChI is InChI=1S/C22H16ClFN4O3/c23-15-5-3-14(4-6-15)12-28-21(30)20-18(2-1-11-25-20)27(22(28)31)13-19(29)26-17-9-7-16(24)8-10-17/h1-11H,12-13H2,(H,26,29). The minimum absolute atomic E-state index is 0.000924. The van der Waals surface area contributed by atoms with Crippen LogP contribution in [0.2, 0.25) is 5.02 Å². The molecule has 0 fully saturated rings. The lowest BCUT2D eigenvalue weighted by Gasteiger charge is -2.14. The molecule has 0 spiro atoms. The van der Waals surface area contributed by atoms with Gasteiger partial charge in [0.15, 0.2) is 5.52 Å². The van der Waals surface area contributed by atoms with E-state index in [-0.39, 0.29) is 24.1 Å². The van der Waals surface area contributed by atoms with Crippen LogP contribution in [0.15, 0.2) is 76.4 Å². The van der Waals surface area contributed by atoms with Crippen molar-refractivity contribution in [1.29, 1.82) is 0 Å². The summed E-state index contributed by atoms with van der Waals surface area (Å²) in [5.74, 6) is -0.934. The fourth-order valence-corrected chi connectivity index (χ4v) is 3.31. The second-order valence-corrected chi connectivity index (χ2v) is 7.25. The van der Waals surface area contributed by atoms with E-state index in [0.717, 1.165) is 4.57 Å². The molecule has 0 aliphatic carbocycles. The third-order valence-corrected chi connectivity index (χ3v) is 4.92. The number of hydrogen-bond acceptors (Lipinski definition) is 4. The molecule has 9 heteroatoms. The lowest BCUT2D eigenvalue weighted by Crippen LogP contribution is -2.42. The predicted octanol–water partition coefficient (Wildman–Crippen LogP) is 3.04. The number of aromatic nitrogens is 3. The highest BCUT2D eigenvalue weighted by Crippen LogP contribution is 2.12. The maximum Gasteiger partial charge on any atom is 0.332 e. The number of halogens is 2. The largest absolute Gasteiger partial charge is 0.332 e. The van der Waals surface area contributed by atoms with Gasteiger partial charge >= 0.3 is 5.69 Å². The average Bonchev–Trinajstić information content (AvgIpc) is 2.77. The molecule has 0 saturated carbocycles. The molecule has 0 aliphatic rings. The van der Waals surface area contributed by atoms with Crippen LogP contribution in [-0.4, -0.2) is 20.0 Å². The van der Waals surface area contributed by atoms with E-state index >= 15 is 0 Å². The van der Waals surface area contributed by atoms with Gasteiger partial charge in [-0.25, -0.2) is 14.2 Å². The Hall–Kier alpha value is -3.78. The highest BCUT2D eigenvalue weighted by molar-refractivity contribution is 6.30. The van der Waals surface area contributed by atoms with Gasteiger partial charge in [0.1, 0.15) is 12.4 Å². The van der Waals surface area contributed by atoms with Gasteiger partial charge in [0.25, 0.3) is 5.56 Å². The summed E-state index contributed by atoms with van der Waals surface area (Å²) in [7, 11) is 0. The van der Waals surface area contributed by atoms with Crippen LogP contribution in [0.4, 0.5) is 10.1 Å². The Morgan fingerprint density at radius 1 is 1.00 bits per heavy atom. The van der Waals surface area contributed by atoms with Crippen molar-refractivity contribution in [2.24, 2.45) is 0 Å². The molecule has 0 bridgehead atoms. The first-order valence-electron chi connectivity index (χ1n) is 9.30. The molecule has 0 unspecified atom stereocenters. The summed E-state index contributed by atoms with van der Waals surface area (Å²) < 4.78 is 15.3.